The Morgan fingerprint density at radius 2 is 1.62 bits per heavy atom. The van der Waals surface area contributed by atoms with Gasteiger partial charge in [0.25, 0.3) is 5.91 Å². The quantitative estimate of drug-likeness (QED) is 0.588. The first-order valence-electron chi connectivity index (χ1n) is 10.6. The molecule has 0 aliphatic heterocycles. The summed E-state index contributed by atoms with van der Waals surface area (Å²) in [6.45, 7) is 4.65. The highest BCUT2D eigenvalue weighted by Crippen LogP contribution is 2.34. The summed E-state index contributed by atoms with van der Waals surface area (Å²) in [5, 5.41) is 3.46. The lowest BCUT2D eigenvalue weighted by atomic mass is 9.95. The van der Waals surface area contributed by atoms with Crippen molar-refractivity contribution in [1.29, 1.82) is 0 Å². The van der Waals surface area contributed by atoms with Gasteiger partial charge in [0.1, 0.15) is 4.88 Å². The molecule has 1 aliphatic carbocycles. The number of carbonyl (C=O) groups excluding carboxylic acids is 1. The topological polar surface area (TPSA) is 97.4 Å². The summed E-state index contributed by atoms with van der Waals surface area (Å²) >= 11 is 1.02. The lowest BCUT2D eigenvalue weighted by molar-refractivity contribution is -0.137. The summed E-state index contributed by atoms with van der Waals surface area (Å²) < 4.78 is 89.3. The van der Waals surface area contributed by atoms with Crippen molar-refractivity contribution >= 4 is 36.9 Å². The number of thiophene rings is 1. The van der Waals surface area contributed by atoms with Crippen molar-refractivity contribution < 1.29 is 34.8 Å². The van der Waals surface area contributed by atoms with Crippen LogP contribution in [0.1, 0.15) is 61.7 Å². The fourth-order valence-corrected chi connectivity index (χ4v) is 8.15. The van der Waals surface area contributed by atoms with Gasteiger partial charge in [-0.15, -0.1) is 11.3 Å². The lowest BCUT2D eigenvalue weighted by Crippen LogP contribution is -2.40. The Morgan fingerprint density at radius 1 is 1.00 bits per heavy atom. The van der Waals surface area contributed by atoms with Gasteiger partial charge in [-0.1, -0.05) is 6.07 Å². The predicted octanol–water partition coefficient (Wildman–Crippen LogP) is 4.85. The third kappa shape index (κ3) is 5.33. The summed E-state index contributed by atoms with van der Waals surface area (Å²) in [7, 11) is -7.70. The molecule has 1 fully saturated rings. The van der Waals surface area contributed by atoms with Crippen molar-refractivity contribution in [2.75, 3.05) is 0 Å². The third-order valence-electron chi connectivity index (χ3n) is 5.87. The minimum Gasteiger partial charge on any atom is -0.349 e. The Hall–Kier alpha value is -1.92. The van der Waals surface area contributed by atoms with Crippen LogP contribution in [0.25, 0.3) is 0 Å². The molecule has 1 aromatic heterocycles. The van der Waals surface area contributed by atoms with Crippen LogP contribution in [0, 0.1) is 0 Å². The fraction of sp³-hybridized carbons (Fsp3) is 0.500. The van der Waals surface area contributed by atoms with E-state index in [-0.39, 0.29) is 33.6 Å². The van der Waals surface area contributed by atoms with Crippen LogP contribution < -0.4 is 5.32 Å². The predicted molar refractivity (Wildman–Crippen MR) is 123 cm³/mol. The minimum atomic E-state index is -4.64. The fourth-order valence-electron chi connectivity index (χ4n) is 3.81. The number of hydrogen-bond acceptors (Lipinski definition) is 6. The van der Waals surface area contributed by atoms with E-state index in [9.17, 15) is 34.8 Å². The maximum atomic E-state index is 13.0. The number of alkyl halides is 3. The molecule has 0 saturated heterocycles. The van der Waals surface area contributed by atoms with Crippen molar-refractivity contribution in [3.63, 3.8) is 0 Å². The molecule has 1 saturated carbocycles. The Balaban J connectivity index is 1.69. The highest BCUT2D eigenvalue weighted by Gasteiger charge is 2.37. The van der Waals surface area contributed by atoms with Gasteiger partial charge in [-0.3, -0.25) is 4.79 Å². The zero-order chi connectivity index (χ0) is 25.5. The van der Waals surface area contributed by atoms with Crippen molar-refractivity contribution in [3.05, 3.63) is 46.2 Å². The molecule has 1 amide bonds. The van der Waals surface area contributed by atoms with E-state index >= 15 is 0 Å². The van der Waals surface area contributed by atoms with E-state index in [1.165, 1.54) is 11.4 Å². The lowest BCUT2D eigenvalue weighted by Gasteiger charge is -2.29. The molecule has 1 aliphatic rings. The van der Waals surface area contributed by atoms with Crippen LogP contribution in [0.3, 0.4) is 0 Å². The first-order chi connectivity index (χ1) is 15.5. The van der Waals surface area contributed by atoms with Gasteiger partial charge in [-0.2, -0.15) is 13.2 Å². The van der Waals surface area contributed by atoms with Crippen molar-refractivity contribution in [3.8, 4) is 0 Å². The maximum absolute atomic E-state index is 13.0. The molecule has 3 rings (SSSR count). The molecule has 0 atom stereocenters. The van der Waals surface area contributed by atoms with Crippen LogP contribution in [0.15, 0.2) is 45.5 Å². The highest BCUT2D eigenvalue weighted by atomic mass is 32.2. The van der Waals surface area contributed by atoms with Crippen LogP contribution in [-0.2, 0) is 25.9 Å². The van der Waals surface area contributed by atoms with E-state index in [1.807, 2.05) is 0 Å². The second kappa shape index (κ2) is 9.27. The first kappa shape index (κ1) is 26.7. The van der Waals surface area contributed by atoms with Crippen LogP contribution in [0.4, 0.5) is 13.2 Å². The zero-order valence-electron chi connectivity index (χ0n) is 18.8. The average Bonchev–Trinajstić information content (AvgIpc) is 3.24. The standard InChI is InChI=1S/C22H26F3NO5S3/c1-21(2,3)34(30,31)18-11-12-32-19(18)20(27)26-15-7-9-16(10-8-15)33(28,29)17-6-4-5-14(13-17)22(23,24)25/h4-6,11-13,15-16H,7-10H2,1-3H3,(H,26,27)/t15-,16-. The van der Waals surface area contributed by atoms with Crippen molar-refractivity contribution in [2.24, 2.45) is 0 Å². The number of nitrogens with one attached hydrogen (secondary N) is 1. The Morgan fingerprint density at radius 3 is 2.18 bits per heavy atom. The Kier molecular flexibility index (Phi) is 7.27. The van der Waals surface area contributed by atoms with Crippen LogP contribution in [0.2, 0.25) is 0 Å². The number of carbonyl (C=O) groups is 1. The highest BCUT2D eigenvalue weighted by molar-refractivity contribution is 7.93. The van der Waals surface area contributed by atoms with Crippen LogP contribution >= 0.6 is 11.3 Å². The van der Waals surface area contributed by atoms with Gasteiger partial charge in [0.2, 0.25) is 0 Å². The van der Waals surface area contributed by atoms with Gasteiger partial charge in [-0.25, -0.2) is 16.8 Å². The summed E-state index contributed by atoms with van der Waals surface area (Å²) in [5.41, 5.74) is -1.02. The largest absolute Gasteiger partial charge is 0.416 e. The Labute approximate surface area is 201 Å². The Bertz CT molecular complexity index is 1270. The smallest absolute Gasteiger partial charge is 0.349 e. The summed E-state index contributed by atoms with van der Waals surface area (Å²) in [6.07, 6.45) is -3.69. The van der Waals surface area contributed by atoms with E-state index in [1.54, 1.807) is 20.8 Å². The van der Waals surface area contributed by atoms with Gasteiger partial charge in [0.05, 0.1) is 25.4 Å². The monoisotopic (exact) mass is 537 g/mol. The van der Waals surface area contributed by atoms with Crippen LogP contribution in [-0.4, -0.2) is 38.8 Å². The molecular formula is C22H26F3NO5S3. The third-order valence-corrected chi connectivity index (χ3v) is 11.7. The molecule has 2 aromatic rings. The van der Waals surface area contributed by atoms with E-state index in [0.29, 0.717) is 18.9 Å². The summed E-state index contributed by atoms with van der Waals surface area (Å²) in [4.78, 5) is 12.5. The van der Waals surface area contributed by atoms with Gasteiger partial charge >= 0.3 is 6.18 Å². The molecule has 0 unspecified atom stereocenters. The summed E-state index contributed by atoms with van der Waals surface area (Å²) in [5.74, 6) is -0.540. The number of hydrogen-bond donors (Lipinski definition) is 1. The van der Waals surface area contributed by atoms with Crippen molar-refractivity contribution in [2.45, 2.75) is 78.5 Å². The zero-order valence-corrected chi connectivity index (χ0v) is 21.3. The minimum absolute atomic E-state index is 0.0386. The molecule has 1 N–H and O–H groups in total. The van der Waals surface area contributed by atoms with Crippen molar-refractivity contribution in [1.82, 2.24) is 5.32 Å². The number of halogens is 3. The molecule has 1 aromatic carbocycles. The number of benzene rings is 1. The first-order valence-corrected chi connectivity index (χ1v) is 14.5. The molecule has 0 spiro atoms. The molecule has 6 nitrogen and oxygen atoms in total. The number of rotatable bonds is 5. The van der Waals surface area contributed by atoms with Crippen LogP contribution in [0.5, 0.6) is 0 Å². The number of sulfone groups is 2. The molecular weight excluding hydrogens is 511 g/mol. The molecule has 1 heterocycles. The van der Waals surface area contributed by atoms with Gasteiger partial charge in [0.15, 0.2) is 19.7 Å². The van der Waals surface area contributed by atoms with E-state index in [0.717, 1.165) is 29.5 Å². The maximum Gasteiger partial charge on any atom is 0.416 e. The van der Waals surface area contributed by atoms with Gasteiger partial charge < -0.3 is 5.32 Å². The second-order valence-electron chi connectivity index (χ2n) is 9.25. The SMILES string of the molecule is CC(C)(C)S(=O)(=O)c1ccsc1C(=O)N[C@H]1CC[C@H](S(=O)(=O)c2cccc(C(F)(F)F)c2)CC1. The summed E-state index contributed by atoms with van der Waals surface area (Å²) in [6, 6.07) is 4.74. The average molecular weight is 538 g/mol. The van der Waals surface area contributed by atoms with E-state index in [2.05, 4.69) is 5.32 Å². The molecule has 0 bridgehead atoms. The van der Waals surface area contributed by atoms with E-state index < -0.39 is 47.3 Å². The molecule has 0 radical (unpaired) electrons. The molecule has 12 heteroatoms. The molecule has 188 valence electrons. The normalized spacial score (nSPS) is 20.2. The second-order valence-corrected chi connectivity index (χ2v) is 15.1. The number of amides is 1. The van der Waals surface area contributed by atoms with Gasteiger partial charge in [-0.05, 0) is 76.1 Å². The molecule has 34 heavy (non-hydrogen) atoms. The van der Waals surface area contributed by atoms with E-state index in [4.69, 9.17) is 0 Å². The van der Waals surface area contributed by atoms with Gasteiger partial charge in [0, 0.05) is 6.04 Å².